The van der Waals surface area contributed by atoms with Crippen molar-refractivity contribution < 1.29 is 14.0 Å². The normalized spacial score (nSPS) is 14.8. The van der Waals surface area contributed by atoms with Crippen LogP contribution in [0.2, 0.25) is 5.02 Å². The summed E-state index contributed by atoms with van der Waals surface area (Å²) < 4.78 is 12.9. The molecule has 0 atom stereocenters. The molecule has 0 saturated carbocycles. The Bertz CT molecular complexity index is 1060. The average Bonchev–Trinajstić information content (AvgIpc) is 3.16. The second-order valence-electron chi connectivity index (χ2n) is 7.76. The van der Waals surface area contributed by atoms with E-state index in [1.807, 2.05) is 23.1 Å². The molecule has 156 valence electrons. The van der Waals surface area contributed by atoms with Crippen LogP contribution in [-0.2, 0) is 11.3 Å². The van der Waals surface area contributed by atoms with Crippen LogP contribution in [0.25, 0.3) is 10.9 Å². The Kier molecular flexibility index (Phi) is 6.04. The van der Waals surface area contributed by atoms with E-state index >= 15 is 0 Å². The number of nitrogens with one attached hydrogen (secondary N) is 2. The Morgan fingerprint density at radius 1 is 1.10 bits per heavy atom. The summed E-state index contributed by atoms with van der Waals surface area (Å²) in [6.45, 7) is 1.65. The van der Waals surface area contributed by atoms with Crippen LogP contribution >= 0.6 is 11.6 Å². The van der Waals surface area contributed by atoms with E-state index < -0.39 is 0 Å². The molecule has 1 fully saturated rings. The molecule has 30 heavy (non-hydrogen) atoms. The fourth-order valence-electron chi connectivity index (χ4n) is 3.87. The molecule has 3 aromatic rings. The molecule has 2 amide bonds. The van der Waals surface area contributed by atoms with Crippen LogP contribution in [0, 0.1) is 11.7 Å². The number of H-pyrrole nitrogens is 1. The third-order valence-electron chi connectivity index (χ3n) is 5.59. The lowest BCUT2D eigenvalue weighted by Gasteiger charge is -2.31. The molecule has 0 unspecified atom stereocenters. The Labute approximate surface area is 179 Å². The number of carbonyl (C=O) groups is 2. The summed E-state index contributed by atoms with van der Waals surface area (Å²) in [6, 6.07) is 13.4. The summed E-state index contributed by atoms with van der Waals surface area (Å²) >= 11 is 6.02. The van der Waals surface area contributed by atoms with E-state index in [1.54, 1.807) is 18.2 Å². The van der Waals surface area contributed by atoms with Gasteiger partial charge in [-0.15, -0.1) is 0 Å². The molecule has 4 rings (SSSR count). The van der Waals surface area contributed by atoms with Crippen molar-refractivity contribution in [2.24, 2.45) is 5.92 Å². The smallest absolute Gasteiger partial charge is 0.270 e. The van der Waals surface area contributed by atoms with Crippen LogP contribution in [0.15, 0.2) is 48.5 Å². The highest BCUT2D eigenvalue weighted by Gasteiger charge is 2.26. The van der Waals surface area contributed by atoms with Crippen LogP contribution in [0.4, 0.5) is 4.39 Å². The minimum atomic E-state index is -0.289. The second-order valence-corrected chi connectivity index (χ2v) is 8.19. The lowest BCUT2D eigenvalue weighted by Crippen LogP contribution is -2.39. The number of piperidine rings is 1. The van der Waals surface area contributed by atoms with Crippen molar-refractivity contribution in [1.29, 1.82) is 0 Å². The van der Waals surface area contributed by atoms with Crippen molar-refractivity contribution in [3.05, 3.63) is 70.6 Å². The fraction of sp³-hybridized carbons (Fsp3) is 0.304. The molecular weight excluding hydrogens is 405 g/mol. The Morgan fingerprint density at radius 2 is 1.83 bits per heavy atom. The van der Waals surface area contributed by atoms with Crippen LogP contribution in [-0.4, -0.2) is 34.8 Å². The van der Waals surface area contributed by atoms with E-state index in [9.17, 15) is 14.0 Å². The third kappa shape index (κ3) is 4.82. The molecule has 1 aliphatic rings. The summed E-state index contributed by atoms with van der Waals surface area (Å²) in [5.41, 5.74) is 2.31. The highest BCUT2D eigenvalue weighted by molar-refractivity contribution is 6.31. The Morgan fingerprint density at radius 3 is 2.57 bits per heavy atom. The van der Waals surface area contributed by atoms with Gasteiger partial charge in [0.25, 0.3) is 5.91 Å². The van der Waals surface area contributed by atoms with Crippen molar-refractivity contribution in [2.75, 3.05) is 13.1 Å². The quantitative estimate of drug-likeness (QED) is 0.628. The number of likely N-dealkylation sites (tertiary alicyclic amines) is 1. The minimum absolute atomic E-state index is 0.0170. The van der Waals surface area contributed by atoms with Crippen molar-refractivity contribution in [2.45, 2.75) is 25.8 Å². The predicted octanol–water partition coefficient (Wildman–Crippen LogP) is 4.52. The molecule has 5 nitrogen and oxygen atoms in total. The van der Waals surface area contributed by atoms with Gasteiger partial charge in [-0.2, -0.15) is 0 Å². The lowest BCUT2D eigenvalue weighted by atomic mass is 9.93. The largest absolute Gasteiger partial charge is 0.352 e. The number of aromatic amines is 1. The zero-order valence-electron chi connectivity index (χ0n) is 16.5. The molecule has 0 aliphatic carbocycles. The topological polar surface area (TPSA) is 65.2 Å². The van der Waals surface area contributed by atoms with Gasteiger partial charge in [0.2, 0.25) is 5.91 Å². The van der Waals surface area contributed by atoms with Crippen molar-refractivity contribution in [1.82, 2.24) is 15.2 Å². The van der Waals surface area contributed by atoms with Gasteiger partial charge in [-0.05, 0) is 60.7 Å². The third-order valence-corrected chi connectivity index (χ3v) is 5.83. The van der Waals surface area contributed by atoms with Gasteiger partial charge >= 0.3 is 0 Å². The van der Waals surface area contributed by atoms with Crippen LogP contribution in [0.5, 0.6) is 0 Å². The molecule has 2 heterocycles. The van der Waals surface area contributed by atoms with Gasteiger partial charge in [-0.1, -0.05) is 23.7 Å². The second kappa shape index (κ2) is 8.88. The molecular formula is C23H23ClFN3O2. The summed E-state index contributed by atoms with van der Waals surface area (Å²) in [7, 11) is 0. The number of hydrogen-bond donors (Lipinski definition) is 2. The maximum Gasteiger partial charge on any atom is 0.270 e. The van der Waals surface area contributed by atoms with Gasteiger partial charge in [-0.3, -0.25) is 9.59 Å². The first-order chi connectivity index (χ1) is 14.5. The summed E-state index contributed by atoms with van der Waals surface area (Å²) in [6.07, 6.45) is 2.03. The van der Waals surface area contributed by atoms with Gasteiger partial charge in [0.15, 0.2) is 0 Å². The molecule has 0 bridgehead atoms. The van der Waals surface area contributed by atoms with Crippen molar-refractivity contribution in [3.63, 3.8) is 0 Å². The monoisotopic (exact) mass is 427 g/mol. The maximum absolute atomic E-state index is 12.9. The molecule has 0 radical (unpaired) electrons. The van der Waals surface area contributed by atoms with E-state index in [0.29, 0.717) is 36.8 Å². The van der Waals surface area contributed by atoms with E-state index in [1.165, 1.54) is 12.1 Å². The Hall–Kier alpha value is -2.86. The number of rotatable bonds is 5. The first-order valence-corrected chi connectivity index (χ1v) is 10.4. The lowest BCUT2D eigenvalue weighted by molar-refractivity contribution is -0.122. The van der Waals surface area contributed by atoms with Crippen LogP contribution in [0.1, 0.15) is 35.3 Å². The molecule has 1 aromatic heterocycles. The van der Waals surface area contributed by atoms with Crippen molar-refractivity contribution in [3.8, 4) is 0 Å². The molecule has 7 heteroatoms. The molecule has 1 saturated heterocycles. The summed E-state index contributed by atoms with van der Waals surface area (Å²) in [4.78, 5) is 30.1. The molecule has 0 spiro atoms. The highest BCUT2D eigenvalue weighted by atomic mass is 35.5. The zero-order valence-corrected chi connectivity index (χ0v) is 17.2. The molecule has 2 aromatic carbocycles. The molecule has 1 aliphatic heterocycles. The van der Waals surface area contributed by atoms with Crippen LogP contribution < -0.4 is 5.32 Å². The van der Waals surface area contributed by atoms with E-state index in [0.717, 1.165) is 29.3 Å². The average molecular weight is 428 g/mol. The Balaban J connectivity index is 1.26. The summed E-state index contributed by atoms with van der Waals surface area (Å²) in [5.74, 6) is -0.0791. The minimum Gasteiger partial charge on any atom is -0.352 e. The first kappa shape index (κ1) is 20.4. The van der Waals surface area contributed by atoms with Crippen LogP contribution in [0.3, 0.4) is 0 Å². The predicted molar refractivity (Wildman–Crippen MR) is 115 cm³/mol. The number of nitrogens with zero attached hydrogens (tertiary/aromatic N) is 1. The number of amides is 2. The number of fused-ring (bicyclic) bond motifs is 1. The number of carbonyl (C=O) groups excluding carboxylic acids is 2. The van der Waals surface area contributed by atoms with E-state index in [-0.39, 0.29) is 23.5 Å². The standard InChI is InChI=1S/C23H23ClFN3O2/c24-18-3-6-20-17(12-18)13-21(27-20)23(30)28-9-7-15(8-10-28)11-22(29)26-14-16-1-4-19(25)5-2-16/h1-6,12-13,15,27H,7-11,14H2,(H,26,29). The first-order valence-electron chi connectivity index (χ1n) is 10.1. The van der Waals surface area contributed by atoms with Crippen molar-refractivity contribution >= 4 is 34.3 Å². The zero-order chi connectivity index (χ0) is 21.1. The van der Waals surface area contributed by atoms with Gasteiger partial charge in [0, 0.05) is 42.0 Å². The van der Waals surface area contributed by atoms with E-state index in [2.05, 4.69) is 10.3 Å². The number of halogens is 2. The number of benzene rings is 2. The number of hydrogen-bond acceptors (Lipinski definition) is 2. The molecule has 2 N–H and O–H groups in total. The fourth-order valence-corrected chi connectivity index (χ4v) is 4.05. The highest BCUT2D eigenvalue weighted by Crippen LogP contribution is 2.24. The van der Waals surface area contributed by atoms with Gasteiger partial charge in [0.1, 0.15) is 11.5 Å². The maximum atomic E-state index is 12.9. The SMILES string of the molecule is O=C(CC1CCN(C(=O)c2cc3cc(Cl)ccc3[nH]2)CC1)NCc1ccc(F)cc1. The van der Waals surface area contributed by atoms with Gasteiger partial charge < -0.3 is 15.2 Å². The van der Waals surface area contributed by atoms with Gasteiger partial charge in [0.05, 0.1) is 0 Å². The summed E-state index contributed by atoms with van der Waals surface area (Å²) in [5, 5.41) is 4.44. The number of aromatic nitrogens is 1. The van der Waals surface area contributed by atoms with Gasteiger partial charge in [-0.25, -0.2) is 4.39 Å². The van der Waals surface area contributed by atoms with E-state index in [4.69, 9.17) is 11.6 Å².